The van der Waals surface area contributed by atoms with Gasteiger partial charge in [0, 0.05) is 11.1 Å². The normalized spacial score (nSPS) is 15.8. The van der Waals surface area contributed by atoms with Crippen molar-refractivity contribution in [1.29, 1.82) is 0 Å². The SMILES string of the molecule is COc1ccc(/C=C2/CCc3c(C)cc(C)cc3C2=O)cc1. The molecule has 1 aliphatic rings. The molecule has 0 radical (unpaired) electrons. The Labute approximate surface area is 131 Å². The molecule has 2 aromatic rings. The van der Waals surface area contributed by atoms with Gasteiger partial charge in [0.05, 0.1) is 7.11 Å². The Kier molecular flexibility index (Phi) is 3.84. The summed E-state index contributed by atoms with van der Waals surface area (Å²) in [6.45, 7) is 4.14. The van der Waals surface area contributed by atoms with Gasteiger partial charge in [-0.05, 0) is 67.7 Å². The molecule has 2 heteroatoms. The third kappa shape index (κ3) is 2.69. The molecule has 0 saturated carbocycles. The van der Waals surface area contributed by atoms with E-state index in [4.69, 9.17) is 4.74 Å². The number of allylic oxidation sites excluding steroid dienone is 1. The highest BCUT2D eigenvalue weighted by Gasteiger charge is 2.23. The molecule has 0 spiro atoms. The van der Waals surface area contributed by atoms with Crippen LogP contribution in [0.3, 0.4) is 0 Å². The highest BCUT2D eigenvalue weighted by atomic mass is 16.5. The molecule has 0 aliphatic heterocycles. The van der Waals surface area contributed by atoms with Gasteiger partial charge in [0.1, 0.15) is 5.75 Å². The van der Waals surface area contributed by atoms with Crippen molar-refractivity contribution < 1.29 is 9.53 Å². The van der Waals surface area contributed by atoms with Gasteiger partial charge in [0.15, 0.2) is 5.78 Å². The van der Waals surface area contributed by atoms with E-state index in [1.807, 2.05) is 43.3 Å². The lowest BCUT2D eigenvalue weighted by Gasteiger charge is -2.20. The summed E-state index contributed by atoms with van der Waals surface area (Å²) in [7, 11) is 1.65. The van der Waals surface area contributed by atoms with E-state index in [1.165, 1.54) is 11.1 Å². The Morgan fingerprint density at radius 3 is 2.45 bits per heavy atom. The first-order valence-corrected chi connectivity index (χ1v) is 7.58. The first kappa shape index (κ1) is 14.6. The Morgan fingerprint density at radius 2 is 1.77 bits per heavy atom. The van der Waals surface area contributed by atoms with Crippen LogP contribution in [0.15, 0.2) is 42.0 Å². The summed E-state index contributed by atoms with van der Waals surface area (Å²) in [6, 6.07) is 12.0. The molecule has 0 N–H and O–H groups in total. The fraction of sp³-hybridized carbons (Fsp3) is 0.250. The van der Waals surface area contributed by atoms with Crippen molar-refractivity contribution in [2.24, 2.45) is 0 Å². The monoisotopic (exact) mass is 292 g/mol. The van der Waals surface area contributed by atoms with E-state index in [2.05, 4.69) is 13.0 Å². The van der Waals surface area contributed by atoms with Crippen LogP contribution in [0.5, 0.6) is 5.75 Å². The van der Waals surface area contributed by atoms with Gasteiger partial charge in [-0.15, -0.1) is 0 Å². The summed E-state index contributed by atoms with van der Waals surface area (Å²) in [6.07, 6.45) is 3.75. The van der Waals surface area contributed by atoms with Gasteiger partial charge >= 0.3 is 0 Å². The van der Waals surface area contributed by atoms with Gasteiger partial charge < -0.3 is 4.74 Å². The van der Waals surface area contributed by atoms with E-state index in [0.29, 0.717) is 0 Å². The smallest absolute Gasteiger partial charge is 0.189 e. The highest BCUT2D eigenvalue weighted by molar-refractivity contribution is 6.13. The van der Waals surface area contributed by atoms with Crippen molar-refractivity contribution in [2.45, 2.75) is 26.7 Å². The minimum Gasteiger partial charge on any atom is -0.497 e. The summed E-state index contributed by atoms with van der Waals surface area (Å²) < 4.78 is 5.17. The first-order valence-electron chi connectivity index (χ1n) is 7.58. The van der Waals surface area contributed by atoms with Crippen LogP contribution in [0.4, 0.5) is 0 Å². The number of rotatable bonds is 2. The maximum absolute atomic E-state index is 12.8. The van der Waals surface area contributed by atoms with Crippen LogP contribution < -0.4 is 4.74 Å². The van der Waals surface area contributed by atoms with E-state index < -0.39 is 0 Å². The van der Waals surface area contributed by atoms with Crippen molar-refractivity contribution in [3.05, 3.63) is 69.8 Å². The molecule has 22 heavy (non-hydrogen) atoms. The van der Waals surface area contributed by atoms with Crippen LogP contribution in [-0.4, -0.2) is 12.9 Å². The predicted octanol–water partition coefficient (Wildman–Crippen LogP) is 4.52. The Balaban J connectivity index is 1.96. The topological polar surface area (TPSA) is 26.3 Å². The number of hydrogen-bond acceptors (Lipinski definition) is 2. The number of ether oxygens (including phenoxy) is 1. The van der Waals surface area contributed by atoms with E-state index in [-0.39, 0.29) is 5.78 Å². The van der Waals surface area contributed by atoms with Gasteiger partial charge in [-0.2, -0.15) is 0 Å². The molecule has 0 fully saturated rings. The molecule has 0 atom stereocenters. The number of fused-ring (bicyclic) bond motifs is 1. The molecule has 0 aromatic heterocycles. The minimum absolute atomic E-state index is 0.170. The molecule has 0 amide bonds. The number of ketones is 1. The van der Waals surface area contributed by atoms with Crippen LogP contribution in [0.1, 0.15) is 39.0 Å². The molecule has 3 rings (SSSR count). The van der Waals surface area contributed by atoms with Gasteiger partial charge in [0.25, 0.3) is 0 Å². The average Bonchev–Trinajstić information content (AvgIpc) is 2.51. The molecule has 0 unspecified atom stereocenters. The molecular formula is C20H20O2. The number of Topliss-reactive ketones (excluding diaryl/α,β-unsaturated/α-hetero) is 1. The molecule has 1 aliphatic carbocycles. The minimum atomic E-state index is 0.170. The van der Waals surface area contributed by atoms with Gasteiger partial charge in [-0.3, -0.25) is 4.79 Å². The second-order valence-corrected chi connectivity index (χ2v) is 5.88. The second kappa shape index (κ2) is 5.80. The van der Waals surface area contributed by atoms with Crippen molar-refractivity contribution in [2.75, 3.05) is 7.11 Å². The molecular weight excluding hydrogens is 272 g/mol. The third-order valence-electron chi connectivity index (χ3n) is 4.25. The van der Waals surface area contributed by atoms with Crippen molar-refractivity contribution >= 4 is 11.9 Å². The van der Waals surface area contributed by atoms with Crippen LogP contribution in [0.2, 0.25) is 0 Å². The maximum Gasteiger partial charge on any atom is 0.189 e. The number of carbonyl (C=O) groups excluding carboxylic acids is 1. The molecule has 2 aromatic carbocycles. The zero-order chi connectivity index (χ0) is 15.7. The van der Waals surface area contributed by atoms with Crippen LogP contribution >= 0.6 is 0 Å². The summed E-state index contributed by atoms with van der Waals surface area (Å²) >= 11 is 0. The van der Waals surface area contributed by atoms with E-state index >= 15 is 0 Å². The zero-order valence-corrected chi connectivity index (χ0v) is 13.3. The molecule has 0 bridgehead atoms. The summed E-state index contributed by atoms with van der Waals surface area (Å²) in [5, 5.41) is 0. The van der Waals surface area contributed by atoms with Crippen LogP contribution in [0.25, 0.3) is 6.08 Å². The second-order valence-electron chi connectivity index (χ2n) is 5.88. The number of carbonyl (C=O) groups is 1. The zero-order valence-electron chi connectivity index (χ0n) is 13.3. The molecule has 2 nitrogen and oxygen atoms in total. The predicted molar refractivity (Wildman–Crippen MR) is 89.5 cm³/mol. The van der Waals surface area contributed by atoms with Crippen LogP contribution in [0, 0.1) is 13.8 Å². The quantitative estimate of drug-likeness (QED) is 0.760. The fourth-order valence-electron chi connectivity index (χ4n) is 3.12. The highest BCUT2D eigenvalue weighted by Crippen LogP contribution is 2.30. The largest absolute Gasteiger partial charge is 0.497 e. The Morgan fingerprint density at radius 1 is 1.05 bits per heavy atom. The maximum atomic E-state index is 12.8. The number of methoxy groups -OCH3 is 1. The van der Waals surface area contributed by atoms with Crippen molar-refractivity contribution in [3.63, 3.8) is 0 Å². The van der Waals surface area contributed by atoms with E-state index in [9.17, 15) is 4.79 Å². The number of hydrogen-bond donors (Lipinski definition) is 0. The summed E-state index contributed by atoms with van der Waals surface area (Å²) in [4.78, 5) is 12.8. The molecule has 0 saturated heterocycles. The standard InChI is InChI=1S/C20H20O2/c1-13-10-14(2)18-9-6-16(20(21)19(18)11-13)12-15-4-7-17(22-3)8-5-15/h4-5,7-8,10-12H,6,9H2,1-3H3/b16-12-. The summed E-state index contributed by atoms with van der Waals surface area (Å²) in [5.74, 6) is 0.998. The third-order valence-corrected chi connectivity index (χ3v) is 4.25. The van der Waals surface area contributed by atoms with Gasteiger partial charge in [-0.1, -0.05) is 23.8 Å². The van der Waals surface area contributed by atoms with E-state index in [1.54, 1.807) is 7.11 Å². The molecule has 112 valence electrons. The lowest BCUT2D eigenvalue weighted by Crippen LogP contribution is -2.15. The number of benzene rings is 2. The van der Waals surface area contributed by atoms with Crippen molar-refractivity contribution in [3.8, 4) is 5.75 Å². The fourth-order valence-corrected chi connectivity index (χ4v) is 3.12. The van der Waals surface area contributed by atoms with Gasteiger partial charge in [0.2, 0.25) is 0 Å². The Hall–Kier alpha value is -2.35. The molecule has 0 heterocycles. The number of aryl methyl sites for hydroxylation is 2. The van der Waals surface area contributed by atoms with Gasteiger partial charge in [-0.25, -0.2) is 0 Å². The van der Waals surface area contributed by atoms with Crippen molar-refractivity contribution in [1.82, 2.24) is 0 Å². The lowest BCUT2D eigenvalue weighted by molar-refractivity contribution is 0.102. The lowest BCUT2D eigenvalue weighted by atomic mass is 9.83. The van der Waals surface area contributed by atoms with E-state index in [0.717, 1.165) is 40.9 Å². The first-order chi connectivity index (χ1) is 10.6. The Bertz CT molecular complexity index is 752. The summed E-state index contributed by atoms with van der Waals surface area (Å²) in [5.41, 5.74) is 6.40. The average molecular weight is 292 g/mol. The van der Waals surface area contributed by atoms with Crippen LogP contribution in [-0.2, 0) is 6.42 Å².